The summed E-state index contributed by atoms with van der Waals surface area (Å²) in [5, 5.41) is 0.812. The molecule has 0 N–H and O–H groups in total. The number of rotatable bonds is 4. The molecule has 0 aliphatic rings. The Morgan fingerprint density at radius 2 is 1.64 bits per heavy atom. The lowest BCUT2D eigenvalue weighted by Crippen LogP contribution is -2.39. The Labute approximate surface area is 190 Å². The van der Waals surface area contributed by atoms with Crippen molar-refractivity contribution in [2.45, 2.75) is 20.4 Å². The normalized spacial score (nSPS) is 11.4. The van der Waals surface area contributed by atoms with Crippen LogP contribution in [0.3, 0.4) is 0 Å². The van der Waals surface area contributed by atoms with Crippen molar-refractivity contribution in [3.63, 3.8) is 0 Å². The van der Waals surface area contributed by atoms with Gasteiger partial charge in [-0.25, -0.2) is 9.36 Å². The maximum Gasteiger partial charge on any atom is 0.336 e. The standard InChI is InChI=1S/C27H25N3O3/c1-17-10-11-18(2)19(14-17)16-29-24-22-15-21(33-4)12-13-23(22)28(3)25(24)26(31)30(27(29)32)20-8-6-5-7-9-20/h5-15H,16H2,1-4H3. The Morgan fingerprint density at radius 3 is 2.36 bits per heavy atom. The molecule has 0 aliphatic heterocycles. The molecule has 6 nitrogen and oxygen atoms in total. The van der Waals surface area contributed by atoms with E-state index in [2.05, 4.69) is 18.2 Å². The molecule has 166 valence electrons. The summed E-state index contributed by atoms with van der Waals surface area (Å²) in [4.78, 5) is 27.6. The van der Waals surface area contributed by atoms with Crippen molar-refractivity contribution in [3.8, 4) is 11.4 Å². The Morgan fingerprint density at radius 1 is 0.879 bits per heavy atom. The van der Waals surface area contributed by atoms with E-state index in [4.69, 9.17) is 4.74 Å². The van der Waals surface area contributed by atoms with E-state index in [0.29, 0.717) is 29.0 Å². The van der Waals surface area contributed by atoms with Crippen LogP contribution < -0.4 is 16.0 Å². The SMILES string of the molecule is COc1ccc2c(c1)c1c(c(=O)n(-c3ccccc3)c(=O)n1Cc1cc(C)ccc1C)n2C. The zero-order chi connectivity index (χ0) is 23.3. The second-order valence-electron chi connectivity index (χ2n) is 8.41. The minimum Gasteiger partial charge on any atom is -0.497 e. The maximum absolute atomic E-state index is 13.9. The quantitative estimate of drug-likeness (QED) is 0.419. The van der Waals surface area contributed by atoms with Crippen molar-refractivity contribution in [3.05, 3.63) is 104 Å². The van der Waals surface area contributed by atoms with Gasteiger partial charge in [0.05, 0.1) is 30.4 Å². The van der Waals surface area contributed by atoms with Gasteiger partial charge >= 0.3 is 5.69 Å². The number of methoxy groups -OCH3 is 1. The number of fused-ring (bicyclic) bond motifs is 3. The highest BCUT2D eigenvalue weighted by Gasteiger charge is 2.22. The summed E-state index contributed by atoms with van der Waals surface area (Å²) in [6, 6.07) is 21.0. The second-order valence-corrected chi connectivity index (χ2v) is 8.41. The van der Waals surface area contributed by atoms with Gasteiger partial charge in [-0.15, -0.1) is 0 Å². The monoisotopic (exact) mass is 439 g/mol. The molecule has 5 rings (SSSR count). The molecule has 0 saturated carbocycles. The highest BCUT2D eigenvalue weighted by atomic mass is 16.5. The number of benzene rings is 3. The van der Waals surface area contributed by atoms with E-state index < -0.39 is 0 Å². The van der Waals surface area contributed by atoms with Crippen molar-refractivity contribution in [2.75, 3.05) is 7.11 Å². The summed E-state index contributed by atoms with van der Waals surface area (Å²) in [6.07, 6.45) is 0. The molecular formula is C27H25N3O3. The maximum atomic E-state index is 13.9. The van der Waals surface area contributed by atoms with Crippen LogP contribution >= 0.6 is 0 Å². The van der Waals surface area contributed by atoms with Crippen LogP contribution in [0.15, 0.2) is 76.3 Å². The first-order valence-electron chi connectivity index (χ1n) is 10.8. The van der Waals surface area contributed by atoms with Crippen LogP contribution in [0, 0.1) is 13.8 Å². The van der Waals surface area contributed by atoms with Gasteiger partial charge in [0.2, 0.25) is 0 Å². The smallest absolute Gasteiger partial charge is 0.336 e. The zero-order valence-electron chi connectivity index (χ0n) is 19.1. The molecule has 5 aromatic rings. The average molecular weight is 440 g/mol. The van der Waals surface area contributed by atoms with Gasteiger partial charge in [0.25, 0.3) is 5.56 Å². The van der Waals surface area contributed by atoms with Gasteiger partial charge < -0.3 is 9.30 Å². The predicted molar refractivity (Wildman–Crippen MR) is 132 cm³/mol. The Hall–Kier alpha value is -4.06. The number of aryl methyl sites for hydroxylation is 3. The molecule has 0 saturated heterocycles. The van der Waals surface area contributed by atoms with E-state index in [-0.39, 0.29) is 11.2 Å². The van der Waals surface area contributed by atoms with Gasteiger partial charge in [0.15, 0.2) is 0 Å². The first-order chi connectivity index (χ1) is 15.9. The lowest BCUT2D eigenvalue weighted by atomic mass is 10.1. The van der Waals surface area contributed by atoms with Gasteiger partial charge in [-0.05, 0) is 55.3 Å². The van der Waals surface area contributed by atoms with Crippen molar-refractivity contribution < 1.29 is 4.74 Å². The summed E-state index contributed by atoms with van der Waals surface area (Å²) < 4.78 is 10.3. The number of nitrogens with zero attached hydrogens (tertiary/aromatic N) is 3. The molecule has 0 unspecified atom stereocenters. The summed E-state index contributed by atoms with van der Waals surface area (Å²) in [7, 11) is 3.47. The number of hydrogen-bond donors (Lipinski definition) is 0. The first kappa shape index (κ1) is 20.8. The molecule has 2 heterocycles. The Balaban J connectivity index is 1.96. The van der Waals surface area contributed by atoms with Gasteiger partial charge in [0.1, 0.15) is 11.3 Å². The Kier molecular flexibility index (Phi) is 4.93. The van der Waals surface area contributed by atoms with Crippen LogP contribution in [-0.4, -0.2) is 20.8 Å². The van der Waals surface area contributed by atoms with Crippen LogP contribution in [0.4, 0.5) is 0 Å². The molecule has 33 heavy (non-hydrogen) atoms. The topological polar surface area (TPSA) is 58.2 Å². The first-order valence-corrected chi connectivity index (χ1v) is 10.8. The fourth-order valence-electron chi connectivity index (χ4n) is 4.55. The number of hydrogen-bond acceptors (Lipinski definition) is 3. The van der Waals surface area contributed by atoms with Gasteiger partial charge in [-0.1, -0.05) is 42.0 Å². The fraction of sp³-hybridized carbons (Fsp3) is 0.185. The molecule has 0 amide bonds. The van der Waals surface area contributed by atoms with Gasteiger partial charge in [0, 0.05) is 12.4 Å². The Bertz CT molecular complexity index is 1640. The molecule has 0 spiro atoms. The largest absolute Gasteiger partial charge is 0.497 e. The molecular weight excluding hydrogens is 414 g/mol. The minimum atomic E-state index is -0.366. The molecule has 6 heteroatoms. The molecule has 2 aromatic heterocycles. The molecule has 0 bridgehead atoms. The molecule has 0 fully saturated rings. The lowest BCUT2D eigenvalue weighted by Gasteiger charge is -2.15. The lowest BCUT2D eigenvalue weighted by molar-refractivity contribution is 0.415. The molecule has 0 aliphatic carbocycles. The van der Waals surface area contributed by atoms with E-state index >= 15 is 0 Å². The van der Waals surface area contributed by atoms with E-state index in [9.17, 15) is 9.59 Å². The predicted octanol–water partition coefficient (Wildman–Crippen LogP) is 4.32. The minimum absolute atomic E-state index is 0.337. The van der Waals surface area contributed by atoms with Gasteiger partial charge in [-0.3, -0.25) is 9.36 Å². The molecule has 3 aromatic carbocycles. The van der Waals surface area contributed by atoms with E-state index in [0.717, 1.165) is 27.6 Å². The zero-order valence-corrected chi connectivity index (χ0v) is 19.1. The summed E-state index contributed by atoms with van der Waals surface area (Å²) >= 11 is 0. The van der Waals surface area contributed by atoms with E-state index in [1.165, 1.54) is 4.57 Å². The van der Waals surface area contributed by atoms with Crippen molar-refractivity contribution in [2.24, 2.45) is 7.05 Å². The van der Waals surface area contributed by atoms with E-state index in [1.807, 2.05) is 61.9 Å². The van der Waals surface area contributed by atoms with Crippen molar-refractivity contribution in [1.82, 2.24) is 13.7 Å². The van der Waals surface area contributed by atoms with Gasteiger partial charge in [-0.2, -0.15) is 0 Å². The summed E-state index contributed by atoms with van der Waals surface area (Å²) in [5.74, 6) is 0.674. The molecule has 0 atom stereocenters. The third-order valence-electron chi connectivity index (χ3n) is 6.33. The average Bonchev–Trinajstić information content (AvgIpc) is 3.11. The van der Waals surface area contributed by atoms with Crippen molar-refractivity contribution in [1.29, 1.82) is 0 Å². The number of ether oxygens (including phenoxy) is 1. The second kappa shape index (κ2) is 7.81. The highest BCUT2D eigenvalue weighted by Crippen LogP contribution is 2.29. The van der Waals surface area contributed by atoms with Crippen LogP contribution in [0.25, 0.3) is 27.6 Å². The number of aromatic nitrogens is 3. The van der Waals surface area contributed by atoms with Crippen LogP contribution in [0.2, 0.25) is 0 Å². The third kappa shape index (κ3) is 3.26. The van der Waals surface area contributed by atoms with Crippen LogP contribution in [0.1, 0.15) is 16.7 Å². The fourth-order valence-corrected chi connectivity index (χ4v) is 4.55. The van der Waals surface area contributed by atoms with Crippen LogP contribution in [0.5, 0.6) is 5.75 Å². The van der Waals surface area contributed by atoms with Crippen molar-refractivity contribution >= 4 is 21.9 Å². The highest BCUT2D eigenvalue weighted by molar-refractivity contribution is 6.06. The summed E-state index contributed by atoms with van der Waals surface area (Å²) in [5.41, 5.74) is 5.06. The summed E-state index contributed by atoms with van der Waals surface area (Å²) in [6.45, 7) is 4.43. The van der Waals surface area contributed by atoms with Crippen LogP contribution in [-0.2, 0) is 13.6 Å². The van der Waals surface area contributed by atoms with E-state index in [1.54, 1.807) is 23.8 Å². The number of para-hydroxylation sites is 1. The molecule has 0 radical (unpaired) electrons. The third-order valence-corrected chi connectivity index (χ3v) is 6.33.